The highest BCUT2D eigenvalue weighted by Gasteiger charge is 2.19. The Bertz CT molecular complexity index is 757. The Morgan fingerprint density at radius 3 is 2.92 bits per heavy atom. The molecule has 130 valence electrons. The molecule has 1 aromatic heterocycles. The van der Waals surface area contributed by atoms with Crippen LogP contribution in [0.4, 0.5) is 10.6 Å². The van der Waals surface area contributed by atoms with Crippen molar-refractivity contribution >= 4 is 11.8 Å². The minimum Gasteiger partial charge on any atom is -0.381 e. The van der Waals surface area contributed by atoms with E-state index in [1.54, 1.807) is 36.3 Å². The molecule has 0 spiro atoms. The fourth-order valence-electron chi connectivity index (χ4n) is 2.79. The average Bonchev–Trinajstić information content (AvgIpc) is 3.28. The maximum Gasteiger partial charge on any atom is 0.323 e. The number of nitrogens with one attached hydrogen (secondary N) is 1. The number of urea groups is 1. The van der Waals surface area contributed by atoms with Crippen LogP contribution in [0.2, 0.25) is 0 Å². The fraction of sp³-hybridized carbons (Fsp3) is 0.389. The molecular weight excluding hydrogens is 318 g/mol. The topological polar surface area (TPSA) is 83.2 Å². The lowest BCUT2D eigenvalue weighted by Crippen LogP contribution is -2.32. The van der Waals surface area contributed by atoms with E-state index in [9.17, 15) is 4.79 Å². The van der Waals surface area contributed by atoms with Gasteiger partial charge in [0.15, 0.2) is 0 Å². The first-order chi connectivity index (χ1) is 12.2. The van der Waals surface area contributed by atoms with E-state index in [4.69, 9.17) is 10.00 Å². The molecule has 7 nitrogen and oxygen atoms in total. The number of rotatable bonds is 5. The van der Waals surface area contributed by atoms with Crippen LogP contribution in [0.5, 0.6) is 0 Å². The highest BCUT2D eigenvalue weighted by atomic mass is 16.5. The summed E-state index contributed by atoms with van der Waals surface area (Å²) in [6.07, 6.45) is 2.71. The lowest BCUT2D eigenvalue weighted by Gasteiger charge is -2.19. The fourth-order valence-corrected chi connectivity index (χ4v) is 2.79. The molecule has 3 rings (SSSR count). The van der Waals surface area contributed by atoms with Crippen LogP contribution in [0, 0.1) is 17.2 Å². The SMILES string of the molecule is CN(Cc1ccc(C#N)cc1)C(=O)Nc1ccnn1C[C@@H]1CCOC1. The smallest absolute Gasteiger partial charge is 0.323 e. The van der Waals surface area contributed by atoms with Crippen LogP contribution in [0.1, 0.15) is 17.5 Å². The van der Waals surface area contributed by atoms with E-state index in [1.165, 1.54) is 0 Å². The molecule has 0 aliphatic carbocycles. The van der Waals surface area contributed by atoms with Crippen molar-refractivity contribution in [3.05, 3.63) is 47.7 Å². The third-order valence-electron chi connectivity index (χ3n) is 4.26. The Kier molecular flexibility index (Phi) is 5.31. The lowest BCUT2D eigenvalue weighted by molar-refractivity contribution is 0.181. The molecule has 7 heteroatoms. The summed E-state index contributed by atoms with van der Waals surface area (Å²) >= 11 is 0. The van der Waals surface area contributed by atoms with E-state index in [2.05, 4.69) is 16.5 Å². The second kappa shape index (κ2) is 7.81. The molecule has 0 bridgehead atoms. The molecule has 2 amide bonds. The Labute approximate surface area is 146 Å². The van der Waals surface area contributed by atoms with Gasteiger partial charge in [-0.15, -0.1) is 0 Å². The van der Waals surface area contributed by atoms with Gasteiger partial charge in [-0.1, -0.05) is 12.1 Å². The largest absolute Gasteiger partial charge is 0.381 e. The normalized spacial score (nSPS) is 16.4. The van der Waals surface area contributed by atoms with E-state index in [0.29, 0.717) is 23.8 Å². The van der Waals surface area contributed by atoms with Crippen LogP contribution >= 0.6 is 0 Å². The Morgan fingerprint density at radius 1 is 1.44 bits per heavy atom. The minimum atomic E-state index is -0.200. The summed E-state index contributed by atoms with van der Waals surface area (Å²) in [5.41, 5.74) is 1.57. The first-order valence-electron chi connectivity index (χ1n) is 8.26. The molecule has 1 saturated heterocycles. The van der Waals surface area contributed by atoms with E-state index in [0.717, 1.165) is 31.7 Å². The van der Waals surface area contributed by atoms with Gasteiger partial charge in [0.2, 0.25) is 0 Å². The molecule has 1 atom stereocenters. The van der Waals surface area contributed by atoms with Crippen molar-refractivity contribution in [2.45, 2.75) is 19.5 Å². The number of nitrogens with zero attached hydrogens (tertiary/aromatic N) is 4. The number of carbonyl (C=O) groups excluding carboxylic acids is 1. The summed E-state index contributed by atoms with van der Waals surface area (Å²) in [5.74, 6) is 1.12. The van der Waals surface area contributed by atoms with Gasteiger partial charge in [-0.3, -0.25) is 5.32 Å². The van der Waals surface area contributed by atoms with Crippen molar-refractivity contribution in [3.8, 4) is 6.07 Å². The van der Waals surface area contributed by atoms with Crippen LogP contribution < -0.4 is 5.32 Å². The quantitative estimate of drug-likeness (QED) is 0.907. The van der Waals surface area contributed by atoms with Crippen LogP contribution in [0.25, 0.3) is 0 Å². The molecule has 0 saturated carbocycles. The first-order valence-corrected chi connectivity index (χ1v) is 8.26. The van der Waals surface area contributed by atoms with Gasteiger partial charge in [0, 0.05) is 38.7 Å². The van der Waals surface area contributed by atoms with Crippen LogP contribution in [-0.4, -0.2) is 41.0 Å². The predicted molar refractivity (Wildman–Crippen MR) is 92.8 cm³/mol. The third kappa shape index (κ3) is 4.37. The van der Waals surface area contributed by atoms with Crippen LogP contribution in [-0.2, 0) is 17.8 Å². The van der Waals surface area contributed by atoms with Crippen molar-refractivity contribution in [3.63, 3.8) is 0 Å². The van der Waals surface area contributed by atoms with Crippen molar-refractivity contribution < 1.29 is 9.53 Å². The minimum absolute atomic E-state index is 0.200. The highest BCUT2D eigenvalue weighted by molar-refractivity contribution is 5.88. The summed E-state index contributed by atoms with van der Waals surface area (Å²) in [5, 5.41) is 16.0. The number of hydrogen-bond donors (Lipinski definition) is 1. The van der Waals surface area contributed by atoms with E-state index in [1.807, 2.05) is 16.8 Å². The molecule has 25 heavy (non-hydrogen) atoms. The third-order valence-corrected chi connectivity index (χ3v) is 4.26. The molecule has 1 aliphatic heterocycles. The summed E-state index contributed by atoms with van der Waals surface area (Å²) in [4.78, 5) is 14.0. The number of aromatic nitrogens is 2. The monoisotopic (exact) mass is 339 g/mol. The number of benzene rings is 1. The molecule has 1 fully saturated rings. The number of carbonyl (C=O) groups is 1. The van der Waals surface area contributed by atoms with Crippen molar-refractivity contribution in [1.29, 1.82) is 5.26 Å². The molecule has 1 N–H and O–H groups in total. The Hall–Kier alpha value is -2.85. The highest BCUT2D eigenvalue weighted by Crippen LogP contribution is 2.17. The van der Waals surface area contributed by atoms with E-state index in [-0.39, 0.29) is 6.03 Å². The standard InChI is InChI=1S/C18H21N5O2/c1-22(11-15-4-2-14(10-19)3-5-15)18(24)21-17-6-8-20-23(17)12-16-7-9-25-13-16/h2-6,8,16H,7,9,11-13H2,1H3,(H,21,24)/t16-/m0/s1. The van der Waals surface area contributed by atoms with Crippen molar-refractivity contribution in [2.75, 3.05) is 25.6 Å². The Morgan fingerprint density at radius 2 is 2.24 bits per heavy atom. The van der Waals surface area contributed by atoms with Gasteiger partial charge in [-0.05, 0) is 24.1 Å². The zero-order valence-corrected chi connectivity index (χ0v) is 14.2. The van der Waals surface area contributed by atoms with E-state index >= 15 is 0 Å². The number of ether oxygens (including phenoxy) is 1. The Balaban J connectivity index is 1.57. The molecule has 2 aromatic rings. The molecular formula is C18H21N5O2. The van der Waals surface area contributed by atoms with Gasteiger partial charge in [-0.2, -0.15) is 10.4 Å². The summed E-state index contributed by atoms with van der Waals surface area (Å²) in [6, 6.07) is 10.9. The number of amides is 2. The van der Waals surface area contributed by atoms with Gasteiger partial charge < -0.3 is 9.64 Å². The zero-order chi connectivity index (χ0) is 17.6. The second-order valence-electron chi connectivity index (χ2n) is 6.22. The van der Waals surface area contributed by atoms with Crippen molar-refractivity contribution in [1.82, 2.24) is 14.7 Å². The molecule has 0 radical (unpaired) electrons. The lowest BCUT2D eigenvalue weighted by atomic mass is 10.1. The summed E-state index contributed by atoms with van der Waals surface area (Å²) in [6.45, 7) is 2.73. The number of hydrogen-bond acceptors (Lipinski definition) is 4. The zero-order valence-electron chi connectivity index (χ0n) is 14.2. The number of nitriles is 1. The summed E-state index contributed by atoms with van der Waals surface area (Å²) < 4.78 is 7.20. The molecule has 1 aliphatic rings. The maximum atomic E-state index is 12.4. The first kappa shape index (κ1) is 17.0. The maximum absolute atomic E-state index is 12.4. The molecule has 0 unspecified atom stereocenters. The van der Waals surface area contributed by atoms with Gasteiger partial charge in [0.1, 0.15) is 5.82 Å². The predicted octanol–water partition coefficient (Wildman–Crippen LogP) is 2.46. The van der Waals surface area contributed by atoms with Gasteiger partial charge in [0.05, 0.1) is 24.4 Å². The van der Waals surface area contributed by atoms with Gasteiger partial charge >= 0.3 is 6.03 Å². The molecule has 1 aromatic carbocycles. The van der Waals surface area contributed by atoms with Crippen LogP contribution in [0.15, 0.2) is 36.5 Å². The van der Waals surface area contributed by atoms with Crippen LogP contribution in [0.3, 0.4) is 0 Å². The van der Waals surface area contributed by atoms with Gasteiger partial charge in [0.25, 0.3) is 0 Å². The van der Waals surface area contributed by atoms with Gasteiger partial charge in [-0.25, -0.2) is 9.48 Å². The second-order valence-corrected chi connectivity index (χ2v) is 6.22. The number of anilines is 1. The summed E-state index contributed by atoms with van der Waals surface area (Å²) in [7, 11) is 1.74. The van der Waals surface area contributed by atoms with Crippen molar-refractivity contribution in [2.24, 2.45) is 5.92 Å². The molecule has 2 heterocycles. The van der Waals surface area contributed by atoms with E-state index < -0.39 is 0 Å². The average molecular weight is 339 g/mol.